The number of hydrogen-bond acceptors (Lipinski definition) is 3. The molecule has 0 atom stereocenters. The van der Waals surface area contributed by atoms with Crippen molar-refractivity contribution in [1.82, 2.24) is 4.98 Å². The van der Waals surface area contributed by atoms with E-state index >= 15 is 0 Å². The molecule has 0 aliphatic carbocycles. The van der Waals surface area contributed by atoms with Crippen LogP contribution in [0, 0.1) is 5.41 Å². The van der Waals surface area contributed by atoms with Crippen molar-refractivity contribution in [2.75, 3.05) is 5.32 Å². The number of anilines is 1. The second-order valence-electron chi connectivity index (χ2n) is 4.61. The molecule has 0 unspecified atom stereocenters. The fourth-order valence-electron chi connectivity index (χ4n) is 1.05. The van der Waals surface area contributed by atoms with Crippen LogP contribution in [0.25, 0.3) is 10.4 Å². The summed E-state index contributed by atoms with van der Waals surface area (Å²) < 4.78 is 0. The molecule has 6 heteroatoms. The molecule has 1 rings (SSSR count). The fraction of sp³-hybridized carbons (Fsp3) is 0.455. The second-order valence-corrected chi connectivity index (χ2v) is 4.61. The lowest BCUT2D eigenvalue weighted by Crippen LogP contribution is -2.28. The smallest absolute Gasteiger partial charge is 0.230 e. The number of amides is 1. The monoisotopic (exact) mass is 233 g/mol. The SMILES string of the molecule is CC(C)(C)C(=O)Nc1cccc(CN=[N+]=[N-])n1. The lowest BCUT2D eigenvalue weighted by atomic mass is 9.96. The summed E-state index contributed by atoms with van der Waals surface area (Å²) in [6, 6.07) is 5.19. The number of rotatable bonds is 3. The molecule has 0 radical (unpaired) electrons. The molecule has 0 spiro atoms. The van der Waals surface area contributed by atoms with Gasteiger partial charge < -0.3 is 5.32 Å². The minimum atomic E-state index is -0.470. The van der Waals surface area contributed by atoms with Gasteiger partial charge in [0.25, 0.3) is 0 Å². The Bertz CT molecular complexity index is 457. The normalized spacial score (nSPS) is 10.5. The largest absolute Gasteiger partial charge is 0.310 e. The van der Waals surface area contributed by atoms with E-state index in [0.717, 1.165) is 0 Å². The lowest BCUT2D eigenvalue weighted by Gasteiger charge is -2.17. The first-order valence-corrected chi connectivity index (χ1v) is 5.22. The molecule has 0 aromatic carbocycles. The summed E-state index contributed by atoms with van der Waals surface area (Å²) in [5.41, 5.74) is 8.36. The summed E-state index contributed by atoms with van der Waals surface area (Å²) in [6.07, 6.45) is 0. The molecule has 0 saturated heterocycles. The zero-order chi connectivity index (χ0) is 12.9. The van der Waals surface area contributed by atoms with E-state index < -0.39 is 5.41 Å². The molecule has 1 aromatic heterocycles. The van der Waals surface area contributed by atoms with E-state index in [-0.39, 0.29) is 12.5 Å². The first kappa shape index (κ1) is 13.0. The molecule has 6 nitrogen and oxygen atoms in total. The average Bonchev–Trinajstić information content (AvgIpc) is 2.25. The first-order chi connectivity index (χ1) is 7.93. The van der Waals surface area contributed by atoms with E-state index in [9.17, 15) is 4.79 Å². The summed E-state index contributed by atoms with van der Waals surface area (Å²) >= 11 is 0. The highest BCUT2D eigenvalue weighted by Crippen LogP contribution is 2.16. The molecule has 0 bridgehead atoms. The molecule has 90 valence electrons. The predicted molar refractivity (Wildman–Crippen MR) is 65.2 cm³/mol. The number of hydrogen-bond donors (Lipinski definition) is 1. The zero-order valence-corrected chi connectivity index (χ0v) is 10.1. The minimum absolute atomic E-state index is 0.106. The zero-order valence-electron chi connectivity index (χ0n) is 10.1. The van der Waals surface area contributed by atoms with Gasteiger partial charge in [0.15, 0.2) is 0 Å². The van der Waals surface area contributed by atoms with Crippen LogP contribution in [-0.2, 0) is 11.3 Å². The Morgan fingerprint density at radius 2 is 2.24 bits per heavy atom. The summed E-state index contributed by atoms with van der Waals surface area (Å²) in [7, 11) is 0. The topological polar surface area (TPSA) is 90.8 Å². The highest BCUT2D eigenvalue weighted by Gasteiger charge is 2.21. The number of carbonyl (C=O) groups is 1. The quantitative estimate of drug-likeness (QED) is 0.494. The number of azide groups is 1. The third-order valence-corrected chi connectivity index (χ3v) is 2.03. The lowest BCUT2D eigenvalue weighted by molar-refractivity contribution is -0.123. The number of nitrogens with zero attached hydrogens (tertiary/aromatic N) is 4. The summed E-state index contributed by atoms with van der Waals surface area (Å²) in [4.78, 5) is 18.6. The van der Waals surface area contributed by atoms with Gasteiger partial charge in [0.2, 0.25) is 5.91 Å². The Morgan fingerprint density at radius 3 is 2.82 bits per heavy atom. The molecule has 0 saturated carbocycles. The summed E-state index contributed by atoms with van der Waals surface area (Å²) in [5.74, 6) is 0.362. The van der Waals surface area contributed by atoms with Crippen molar-refractivity contribution in [2.24, 2.45) is 10.5 Å². The van der Waals surface area contributed by atoms with E-state index in [0.29, 0.717) is 11.5 Å². The standard InChI is InChI=1S/C11H15N5O/c1-11(2,3)10(17)15-9-6-4-5-8(14-9)7-13-16-12/h4-6H,7H2,1-3H3,(H,14,15,17). The van der Waals surface area contributed by atoms with Crippen LogP contribution in [0.3, 0.4) is 0 Å². The van der Waals surface area contributed by atoms with Gasteiger partial charge in [-0.2, -0.15) is 0 Å². The van der Waals surface area contributed by atoms with Crippen LogP contribution >= 0.6 is 0 Å². The Balaban J connectivity index is 2.79. The van der Waals surface area contributed by atoms with Crippen LogP contribution in [0.4, 0.5) is 5.82 Å². The van der Waals surface area contributed by atoms with E-state index in [1.807, 2.05) is 20.8 Å². The number of nitrogens with one attached hydrogen (secondary N) is 1. The van der Waals surface area contributed by atoms with Crippen LogP contribution in [-0.4, -0.2) is 10.9 Å². The van der Waals surface area contributed by atoms with Gasteiger partial charge in [0.1, 0.15) is 5.82 Å². The van der Waals surface area contributed by atoms with Crippen molar-refractivity contribution in [2.45, 2.75) is 27.3 Å². The maximum Gasteiger partial charge on any atom is 0.230 e. The van der Waals surface area contributed by atoms with Crippen molar-refractivity contribution < 1.29 is 4.79 Å². The summed E-state index contributed by atoms with van der Waals surface area (Å²) in [6.45, 7) is 5.65. The molecule has 1 amide bonds. The Morgan fingerprint density at radius 1 is 1.53 bits per heavy atom. The number of pyridine rings is 1. The minimum Gasteiger partial charge on any atom is -0.310 e. The highest BCUT2D eigenvalue weighted by molar-refractivity contribution is 5.93. The van der Waals surface area contributed by atoms with Gasteiger partial charge in [-0.25, -0.2) is 4.98 Å². The van der Waals surface area contributed by atoms with Crippen molar-refractivity contribution in [3.63, 3.8) is 0 Å². The highest BCUT2D eigenvalue weighted by atomic mass is 16.2. The van der Waals surface area contributed by atoms with Crippen LogP contribution in [0.2, 0.25) is 0 Å². The Hall–Kier alpha value is -2.07. The van der Waals surface area contributed by atoms with Crippen LogP contribution in [0.5, 0.6) is 0 Å². The van der Waals surface area contributed by atoms with Crippen molar-refractivity contribution in [3.8, 4) is 0 Å². The van der Waals surface area contributed by atoms with Gasteiger partial charge in [-0.15, -0.1) is 0 Å². The average molecular weight is 233 g/mol. The molecular formula is C11H15N5O. The van der Waals surface area contributed by atoms with Crippen LogP contribution in [0.1, 0.15) is 26.5 Å². The number of aromatic nitrogens is 1. The molecule has 0 fully saturated rings. The van der Waals surface area contributed by atoms with E-state index in [1.54, 1.807) is 18.2 Å². The third-order valence-electron chi connectivity index (χ3n) is 2.03. The third kappa shape index (κ3) is 4.12. The van der Waals surface area contributed by atoms with Crippen LogP contribution in [0.15, 0.2) is 23.3 Å². The Kier molecular flexibility index (Phi) is 4.06. The van der Waals surface area contributed by atoms with Gasteiger partial charge in [-0.3, -0.25) is 4.79 Å². The van der Waals surface area contributed by atoms with Gasteiger partial charge in [0, 0.05) is 16.0 Å². The molecule has 1 aromatic rings. The summed E-state index contributed by atoms with van der Waals surface area (Å²) in [5, 5.41) is 6.13. The molecular weight excluding hydrogens is 218 g/mol. The molecule has 0 aliphatic heterocycles. The Labute approximate surface area is 99.7 Å². The second kappa shape index (κ2) is 5.32. The molecule has 0 aliphatic rings. The van der Waals surface area contributed by atoms with Gasteiger partial charge in [0.05, 0.1) is 6.54 Å². The van der Waals surface area contributed by atoms with E-state index in [2.05, 4.69) is 20.3 Å². The van der Waals surface area contributed by atoms with E-state index in [4.69, 9.17) is 5.53 Å². The first-order valence-electron chi connectivity index (χ1n) is 5.22. The maximum absolute atomic E-state index is 11.7. The van der Waals surface area contributed by atoms with Gasteiger partial charge in [-0.05, 0) is 17.7 Å². The van der Waals surface area contributed by atoms with Crippen molar-refractivity contribution >= 4 is 11.7 Å². The van der Waals surface area contributed by atoms with Crippen molar-refractivity contribution in [1.29, 1.82) is 0 Å². The van der Waals surface area contributed by atoms with Crippen LogP contribution < -0.4 is 5.32 Å². The van der Waals surface area contributed by atoms with Crippen molar-refractivity contribution in [3.05, 3.63) is 34.3 Å². The fourth-order valence-corrected chi connectivity index (χ4v) is 1.05. The van der Waals surface area contributed by atoms with E-state index in [1.165, 1.54) is 0 Å². The molecule has 1 N–H and O–H groups in total. The van der Waals surface area contributed by atoms with Gasteiger partial charge in [-0.1, -0.05) is 32.0 Å². The number of carbonyl (C=O) groups excluding carboxylic acids is 1. The van der Waals surface area contributed by atoms with Gasteiger partial charge >= 0.3 is 0 Å². The molecule has 17 heavy (non-hydrogen) atoms. The molecule has 1 heterocycles. The maximum atomic E-state index is 11.7. The predicted octanol–water partition coefficient (Wildman–Crippen LogP) is 2.88.